The number of halogens is 4. The zero-order valence-corrected chi connectivity index (χ0v) is 19.5. The van der Waals surface area contributed by atoms with Gasteiger partial charge in [-0.3, -0.25) is 4.98 Å². The molecule has 1 aliphatic rings. The highest BCUT2D eigenvalue weighted by Gasteiger charge is 2.53. The minimum absolute atomic E-state index is 0.0791. The predicted molar refractivity (Wildman–Crippen MR) is 117 cm³/mol. The molecular formula is C20H32Cl2F2N2OS. The van der Waals surface area contributed by atoms with Crippen molar-refractivity contribution < 1.29 is 13.0 Å². The first-order valence-corrected chi connectivity index (χ1v) is 12.7. The number of nitrogens with one attached hydrogen (secondary N) is 1. The Bertz CT molecular complexity index is 631. The van der Waals surface area contributed by atoms with Crippen LogP contribution in [0.4, 0.5) is 8.78 Å². The minimum Gasteiger partial charge on any atom is -0.327 e. The molecule has 1 saturated carbocycles. The van der Waals surface area contributed by atoms with E-state index in [0.717, 1.165) is 29.2 Å². The average Bonchev–Trinajstić information content (AvgIpc) is 2.59. The van der Waals surface area contributed by atoms with E-state index < -0.39 is 16.2 Å². The summed E-state index contributed by atoms with van der Waals surface area (Å²) in [6.07, 6.45) is 3.69. The Hall–Kier alpha value is -0.140. The monoisotopic (exact) mass is 456 g/mol. The maximum Gasteiger partial charge on any atom is 0.249 e. The fraction of sp³-hybridized carbons (Fsp3) is 0.750. The van der Waals surface area contributed by atoms with Crippen molar-refractivity contribution in [3.63, 3.8) is 0 Å². The third-order valence-corrected chi connectivity index (χ3v) is 9.91. The summed E-state index contributed by atoms with van der Waals surface area (Å²) in [5.74, 6) is 0.395. The first kappa shape index (κ1) is 24.1. The van der Waals surface area contributed by atoms with Crippen LogP contribution in [0.3, 0.4) is 0 Å². The lowest BCUT2D eigenvalue weighted by Gasteiger charge is -2.45. The molecule has 3 nitrogen and oxygen atoms in total. The average molecular weight is 457 g/mol. The molecule has 1 atom stereocenters. The molecule has 0 amide bonds. The summed E-state index contributed by atoms with van der Waals surface area (Å²) in [6, 6.07) is 0. The largest absolute Gasteiger partial charge is 0.327 e. The number of rotatable bonds is 11. The number of nitrogens with zero attached hydrogens (tertiary/aromatic N) is 1. The van der Waals surface area contributed by atoms with Crippen LogP contribution in [0.5, 0.6) is 0 Å². The molecule has 1 unspecified atom stereocenters. The van der Waals surface area contributed by atoms with Gasteiger partial charge in [0.15, 0.2) is 0 Å². The Morgan fingerprint density at radius 2 is 1.75 bits per heavy atom. The summed E-state index contributed by atoms with van der Waals surface area (Å²) < 4.78 is 33.3. The molecule has 1 N–H and O–H groups in total. The number of hydrogen-bond acceptors (Lipinski definition) is 3. The molecule has 162 valence electrons. The van der Waals surface area contributed by atoms with Crippen molar-refractivity contribution in [2.24, 2.45) is 5.41 Å². The van der Waals surface area contributed by atoms with Crippen LogP contribution in [0.25, 0.3) is 0 Å². The Kier molecular flexibility index (Phi) is 8.43. The van der Waals surface area contributed by atoms with Crippen LogP contribution in [0.1, 0.15) is 58.6 Å². The van der Waals surface area contributed by atoms with Gasteiger partial charge in [-0.15, -0.1) is 10.3 Å². The Morgan fingerprint density at radius 3 is 2.21 bits per heavy atom. The van der Waals surface area contributed by atoms with Gasteiger partial charge >= 0.3 is 0 Å². The Labute approximate surface area is 179 Å². The van der Waals surface area contributed by atoms with Gasteiger partial charge in [0.05, 0.1) is 10.0 Å². The van der Waals surface area contributed by atoms with E-state index in [-0.39, 0.29) is 24.4 Å². The maximum absolute atomic E-state index is 13.3. The predicted octanol–water partition coefficient (Wildman–Crippen LogP) is 6.64. The van der Waals surface area contributed by atoms with E-state index in [9.17, 15) is 8.78 Å². The minimum atomic E-state index is -2.53. The summed E-state index contributed by atoms with van der Waals surface area (Å²) in [5, 5.41) is 4.29. The van der Waals surface area contributed by atoms with E-state index in [0.29, 0.717) is 23.1 Å². The second kappa shape index (κ2) is 9.78. The lowest BCUT2D eigenvalue weighted by molar-refractivity contribution is -0.152. The summed E-state index contributed by atoms with van der Waals surface area (Å²) in [4.78, 5) is 4.04. The molecule has 8 heteroatoms. The SMILES string of the molecule is CCCS(CC)(CC)OC(CNCC1(C)CC(F)(F)C1)c1c(Cl)cncc1Cl. The highest BCUT2D eigenvalue weighted by molar-refractivity contribution is 8.29. The first-order chi connectivity index (χ1) is 13.1. The molecule has 28 heavy (non-hydrogen) atoms. The van der Waals surface area contributed by atoms with Crippen LogP contribution in [0.15, 0.2) is 12.4 Å². The zero-order chi connectivity index (χ0) is 21.0. The van der Waals surface area contributed by atoms with E-state index >= 15 is 0 Å². The number of alkyl halides is 2. The van der Waals surface area contributed by atoms with Gasteiger partial charge in [-0.1, -0.05) is 50.9 Å². The maximum atomic E-state index is 13.3. The van der Waals surface area contributed by atoms with Crippen LogP contribution in [0.2, 0.25) is 10.0 Å². The van der Waals surface area contributed by atoms with E-state index in [4.69, 9.17) is 27.4 Å². The smallest absolute Gasteiger partial charge is 0.249 e. The fourth-order valence-corrected chi connectivity index (χ4v) is 7.40. The molecule has 0 aliphatic heterocycles. The van der Waals surface area contributed by atoms with Gasteiger partial charge in [-0.25, -0.2) is 8.78 Å². The van der Waals surface area contributed by atoms with Crippen LogP contribution in [-0.2, 0) is 4.18 Å². The molecule has 1 aliphatic carbocycles. The lowest BCUT2D eigenvalue weighted by Crippen LogP contribution is -2.50. The second-order valence-electron chi connectivity index (χ2n) is 8.00. The molecular weight excluding hydrogens is 425 g/mol. The van der Waals surface area contributed by atoms with E-state index in [1.54, 1.807) is 12.4 Å². The fourth-order valence-electron chi connectivity index (χ4n) is 4.04. The number of aromatic nitrogens is 1. The van der Waals surface area contributed by atoms with E-state index in [1.165, 1.54) is 0 Å². The Morgan fingerprint density at radius 1 is 1.18 bits per heavy atom. The third kappa shape index (κ3) is 5.94. The van der Waals surface area contributed by atoms with Gasteiger partial charge in [0, 0.05) is 43.9 Å². The zero-order valence-electron chi connectivity index (χ0n) is 17.2. The lowest BCUT2D eigenvalue weighted by atomic mass is 9.67. The van der Waals surface area contributed by atoms with Crippen molar-refractivity contribution in [2.75, 3.05) is 30.3 Å². The van der Waals surface area contributed by atoms with Crippen LogP contribution >= 0.6 is 33.5 Å². The van der Waals surface area contributed by atoms with Gasteiger partial charge in [-0.05, 0) is 29.1 Å². The van der Waals surface area contributed by atoms with Gasteiger partial charge < -0.3 is 9.50 Å². The van der Waals surface area contributed by atoms with Crippen LogP contribution in [-0.4, -0.2) is 41.3 Å². The molecule has 0 saturated heterocycles. The van der Waals surface area contributed by atoms with Gasteiger partial charge in [0.2, 0.25) is 5.92 Å². The highest BCUT2D eigenvalue weighted by atomic mass is 35.5. The second-order valence-corrected chi connectivity index (χ2v) is 12.5. The summed E-state index contributed by atoms with van der Waals surface area (Å²) >= 11 is 12.8. The third-order valence-electron chi connectivity index (χ3n) is 5.41. The van der Waals surface area contributed by atoms with Crippen molar-refractivity contribution in [1.82, 2.24) is 10.3 Å². The van der Waals surface area contributed by atoms with Gasteiger partial charge in [0.25, 0.3) is 0 Å². The summed E-state index contributed by atoms with van der Waals surface area (Å²) in [6.45, 7) is 9.36. The molecule has 0 aromatic carbocycles. The molecule has 0 spiro atoms. The molecule has 0 bridgehead atoms. The molecule has 1 heterocycles. The molecule has 1 fully saturated rings. The molecule has 0 radical (unpaired) electrons. The normalized spacial score (nSPS) is 19.9. The first-order valence-electron chi connectivity index (χ1n) is 9.91. The quantitative estimate of drug-likeness (QED) is 0.405. The van der Waals surface area contributed by atoms with Crippen molar-refractivity contribution in [2.45, 2.75) is 59.0 Å². The van der Waals surface area contributed by atoms with Crippen molar-refractivity contribution in [3.8, 4) is 0 Å². The highest BCUT2D eigenvalue weighted by Crippen LogP contribution is 2.54. The van der Waals surface area contributed by atoms with E-state index in [1.807, 2.05) is 6.92 Å². The number of hydrogen-bond donors (Lipinski definition) is 1. The topological polar surface area (TPSA) is 34.1 Å². The number of pyridine rings is 1. The van der Waals surface area contributed by atoms with Gasteiger partial charge in [-0.2, -0.15) is 0 Å². The molecule has 1 aromatic rings. The standard InChI is InChI=1S/C20H32Cl2F2N2OS/c1-5-8-28(6-2,7-3)27-17(18-15(21)9-25-10-16(18)22)11-26-14-19(4)12-20(23,24)13-19/h9-10,17,26H,5-8,11-14H2,1-4H3. The molecule has 2 rings (SSSR count). The van der Waals surface area contributed by atoms with Crippen molar-refractivity contribution in [1.29, 1.82) is 0 Å². The van der Waals surface area contributed by atoms with E-state index in [2.05, 4.69) is 31.1 Å². The van der Waals surface area contributed by atoms with Gasteiger partial charge in [0.1, 0.15) is 6.10 Å². The van der Waals surface area contributed by atoms with Crippen LogP contribution < -0.4 is 5.32 Å². The summed E-state index contributed by atoms with van der Waals surface area (Å²) in [5.41, 5.74) is 0.341. The molecule has 1 aromatic heterocycles. The van der Waals surface area contributed by atoms with Crippen molar-refractivity contribution >= 4 is 33.5 Å². The Balaban J connectivity index is 2.17. The van der Waals surface area contributed by atoms with Crippen molar-refractivity contribution in [3.05, 3.63) is 28.0 Å². The summed E-state index contributed by atoms with van der Waals surface area (Å²) in [7, 11) is -1.28. The van der Waals surface area contributed by atoms with Crippen LogP contribution in [0, 0.1) is 5.41 Å².